The minimum Gasteiger partial charge on any atom is -0.444 e. The predicted molar refractivity (Wildman–Crippen MR) is 86.0 cm³/mol. The van der Waals surface area contributed by atoms with Gasteiger partial charge in [-0.05, 0) is 30.8 Å². The van der Waals surface area contributed by atoms with Crippen LogP contribution in [0.4, 0.5) is 13.2 Å². The van der Waals surface area contributed by atoms with E-state index in [1.54, 1.807) is 6.26 Å². The Morgan fingerprint density at radius 3 is 2.32 bits per heavy atom. The molecule has 1 aromatic carbocycles. The Balaban J connectivity index is 1.59. The summed E-state index contributed by atoms with van der Waals surface area (Å²) < 4.78 is 45.8. The van der Waals surface area contributed by atoms with E-state index in [9.17, 15) is 13.2 Å². The normalized spacial score (nSPS) is 17.0. The van der Waals surface area contributed by atoms with Crippen molar-refractivity contribution in [2.45, 2.75) is 19.8 Å². The first-order valence-electron chi connectivity index (χ1n) is 8.18. The molecule has 0 radical (unpaired) electrons. The van der Waals surface area contributed by atoms with Crippen LogP contribution in [0.25, 0.3) is 11.5 Å². The van der Waals surface area contributed by atoms with Crippen LogP contribution in [0, 0.1) is 0 Å². The molecule has 2 heterocycles. The van der Waals surface area contributed by atoms with E-state index in [4.69, 9.17) is 4.42 Å². The lowest BCUT2D eigenvalue weighted by Crippen LogP contribution is -2.45. The number of nitrogens with zero attached hydrogens (tertiary/aromatic N) is 3. The van der Waals surface area contributed by atoms with Crippen LogP contribution in [0.3, 0.4) is 0 Å². The van der Waals surface area contributed by atoms with Crippen LogP contribution in [-0.2, 0) is 6.54 Å². The van der Waals surface area contributed by atoms with E-state index in [1.165, 1.54) is 24.3 Å². The molecule has 0 aliphatic carbocycles. The van der Waals surface area contributed by atoms with Crippen molar-refractivity contribution < 1.29 is 22.3 Å². The van der Waals surface area contributed by atoms with E-state index >= 15 is 0 Å². The van der Waals surface area contributed by atoms with Gasteiger partial charge in [-0.3, -0.25) is 4.90 Å². The Labute approximate surface area is 144 Å². The highest BCUT2D eigenvalue weighted by molar-refractivity contribution is 5.54. The summed E-state index contributed by atoms with van der Waals surface area (Å²) in [5.41, 5.74) is 1.42. The van der Waals surface area contributed by atoms with Crippen molar-refractivity contribution in [1.29, 1.82) is 0 Å². The van der Waals surface area contributed by atoms with E-state index in [-0.39, 0.29) is 5.75 Å². The number of hydrogen-bond acceptors (Lipinski definition) is 5. The van der Waals surface area contributed by atoms with Crippen LogP contribution < -0.4 is 4.74 Å². The molecule has 1 aromatic heterocycles. The smallest absolute Gasteiger partial charge is 0.444 e. The summed E-state index contributed by atoms with van der Waals surface area (Å²) >= 11 is 0. The molecule has 0 spiro atoms. The van der Waals surface area contributed by atoms with E-state index in [0.29, 0.717) is 18.0 Å². The highest BCUT2D eigenvalue weighted by atomic mass is 19.4. The number of oxazole rings is 1. The summed E-state index contributed by atoms with van der Waals surface area (Å²) in [6.45, 7) is 7.99. The Hall–Kier alpha value is -2.06. The van der Waals surface area contributed by atoms with Crippen molar-refractivity contribution in [3.8, 4) is 17.2 Å². The van der Waals surface area contributed by atoms with Crippen molar-refractivity contribution in [2.75, 3.05) is 32.7 Å². The standard InChI is InChI=1S/C17H20F3N3O2/c1-2-22-7-9-23(10-8-22)11-14-12-24-16(21-14)13-3-5-15(6-4-13)25-17(18,19)20/h3-6,12H,2,7-11H2,1H3. The third-order valence-corrected chi connectivity index (χ3v) is 4.18. The van der Waals surface area contributed by atoms with E-state index in [0.717, 1.165) is 38.4 Å². The minimum atomic E-state index is -4.70. The Bertz CT molecular complexity index is 677. The van der Waals surface area contributed by atoms with Crippen molar-refractivity contribution in [3.63, 3.8) is 0 Å². The predicted octanol–water partition coefficient (Wildman–Crippen LogP) is 3.38. The van der Waals surface area contributed by atoms with Gasteiger partial charge in [0.05, 0.1) is 5.69 Å². The van der Waals surface area contributed by atoms with Crippen LogP contribution in [0.2, 0.25) is 0 Å². The summed E-state index contributed by atoms with van der Waals surface area (Å²) in [6.07, 6.45) is -3.10. The fraction of sp³-hybridized carbons (Fsp3) is 0.471. The molecule has 0 atom stereocenters. The molecule has 0 N–H and O–H groups in total. The average molecular weight is 355 g/mol. The largest absolute Gasteiger partial charge is 0.573 e. The number of likely N-dealkylation sites (N-methyl/N-ethyl adjacent to an activating group) is 1. The molecule has 2 aromatic rings. The lowest BCUT2D eigenvalue weighted by molar-refractivity contribution is -0.274. The topological polar surface area (TPSA) is 41.7 Å². The first-order valence-corrected chi connectivity index (χ1v) is 8.18. The zero-order chi connectivity index (χ0) is 17.9. The molecule has 0 unspecified atom stereocenters. The number of benzene rings is 1. The molecular weight excluding hydrogens is 335 g/mol. The maximum Gasteiger partial charge on any atom is 0.573 e. The van der Waals surface area contributed by atoms with Gasteiger partial charge in [0.2, 0.25) is 5.89 Å². The third-order valence-electron chi connectivity index (χ3n) is 4.18. The van der Waals surface area contributed by atoms with Crippen LogP contribution >= 0.6 is 0 Å². The second-order valence-electron chi connectivity index (χ2n) is 5.93. The van der Waals surface area contributed by atoms with Crippen LogP contribution in [0.5, 0.6) is 5.75 Å². The summed E-state index contributed by atoms with van der Waals surface area (Å²) in [5, 5.41) is 0. The van der Waals surface area contributed by atoms with Crippen molar-refractivity contribution >= 4 is 0 Å². The van der Waals surface area contributed by atoms with Crippen LogP contribution in [0.15, 0.2) is 34.9 Å². The number of hydrogen-bond donors (Lipinski definition) is 0. The lowest BCUT2D eigenvalue weighted by atomic mass is 10.2. The molecule has 0 bridgehead atoms. The molecule has 136 valence electrons. The van der Waals surface area contributed by atoms with Gasteiger partial charge < -0.3 is 14.1 Å². The molecule has 1 saturated heterocycles. The molecule has 1 fully saturated rings. The monoisotopic (exact) mass is 355 g/mol. The zero-order valence-corrected chi connectivity index (χ0v) is 13.9. The van der Waals surface area contributed by atoms with E-state index < -0.39 is 6.36 Å². The molecule has 1 aliphatic heterocycles. The summed E-state index contributed by atoms with van der Waals surface area (Å²) in [6, 6.07) is 5.49. The fourth-order valence-electron chi connectivity index (χ4n) is 2.80. The first-order chi connectivity index (χ1) is 11.9. The number of halogens is 3. The second kappa shape index (κ2) is 7.45. The van der Waals surface area contributed by atoms with Crippen molar-refractivity contribution in [1.82, 2.24) is 14.8 Å². The number of piperazine rings is 1. The highest BCUT2D eigenvalue weighted by Gasteiger charge is 2.31. The van der Waals surface area contributed by atoms with Gasteiger partial charge >= 0.3 is 6.36 Å². The quantitative estimate of drug-likeness (QED) is 0.823. The van der Waals surface area contributed by atoms with Crippen LogP contribution in [-0.4, -0.2) is 53.9 Å². The number of ether oxygens (including phenoxy) is 1. The third kappa shape index (κ3) is 4.96. The van der Waals surface area contributed by atoms with Gasteiger partial charge in [-0.25, -0.2) is 4.98 Å². The first kappa shape index (κ1) is 17.8. The van der Waals surface area contributed by atoms with Gasteiger partial charge in [-0.2, -0.15) is 0 Å². The van der Waals surface area contributed by atoms with Gasteiger partial charge in [-0.1, -0.05) is 6.92 Å². The Morgan fingerprint density at radius 1 is 1.08 bits per heavy atom. The Kier molecular flexibility index (Phi) is 5.29. The van der Waals surface area contributed by atoms with Crippen LogP contribution in [0.1, 0.15) is 12.6 Å². The minimum absolute atomic E-state index is 0.267. The molecule has 0 saturated carbocycles. The maximum absolute atomic E-state index is 12.2. The van der Waals surface area contributed by atoms with E-state index in [2.05, 4.69) is 26.4 Å². The maximum atomic E-state index is 12.2. The molecule has 1 aliphatic rings. The summed E-state index contributed by atoms with van der Waals surface area (Å²) in [5.74, 6) is 0.123. The molecule has 5 nitrogen and oxygen atoms in total. The number of aromatic nitrogens is 1. The molecule has 25 heavy (non-hydrogen) atoms. The fourth-order valence-corrected chi connectivity index (χ4v) is 2.80. The zero-order valence-electron chi connectivity index (χ0n) is 13.9. The van der Waals surface area contributed by atoms with Gasteiger partial charge in [0.15, 0.2) is 0 Å². The average Bonchev–Trinajstić information content (AvgIpc) is 3.03. The van der Waals surface area contributed by atoms with Gasteiger partial charge in [0.1, 0.15) is 12.0 Å². The Morgan fingerprint density at radius 2 is 1.72 bits per heavy atom. The van der Waals surface area contributed by atoms with Gasteiger partial charge in [0.25, 0.3) is 0 Å². The second-order valence-corrected chi connectivity index (χ2v) is 5.93. The molecule has 3 rings (SSSR count). The number of rotatable bonds is 5. The molecular formula is C17H20F3N3O2. The SMILES string of the molecule is CCN1CCN(Cc2coc(-c3ccc(OC(F)(F)F)cc3)n2)CC1. The summed E-state index contributed by atoms with van der Waals surface area (Å²) in [4.78, 5) is 9.14. The lowest BCUT2D eigenvalue weighted by Gasteiger charge is -2.33. The van der Waals surface area contributed by atoms with E-state index in [1.807, 2.05) is 0 Å². The van der Waals surface area contributed by atoms with Gasteiger partial charge in [-0.15, -0.1) is 13.2 Å². The van der Waals surface area contributed by atoms with Crippen molar-refractivity contribution in [2.24, 2.45) is 0 Å². The summed E-state index contributed by atoms with van der Waals surface area (Å²) in [7, 11) is 0. The molecule has 8 heteroatoms. The highest BCUT2D eigenvalue weighted by Crippen LogP contribution is 2.26. The molecule has 0 amide bonds. The number of alkyl halides is 3. The van der Waals surface area contributed by atoms with Gasteiger partial charge in [0, 0.05) is 38.3 Å². The van der Waals surface area contributed by atoms with Crippen molar-refractivity contribution in [3.05, 3.63) is 36.2 Å².